The fourth-order valence-corrected chi connectivity index (χ4v) is 8.30. The maximum atomic E-state index is 12.8. The number of ether oxygens (including phenoxy) is 3. The highest BCUT2D eigenvalue weighted by Crippen LogP contribution is 2.16. The second kappa shape index (κ2) is 47.3. The van der Waals surface area contributed by atoms with Gasteiger partial charge in [0.05, 0.1) is 40.3 Å². The van der Waals surface area contributed by atoms with Gasteiger partial charge in [-0.15, -0.1) is 0 Å². The van der Waals surface area contributed by atoms with Crippen molar-refractivity contribution in [2.24, 2.45) is 0 Å². The molecule has 0 aromatic rings. The Morgan fingerprint density at radius 1 is 0.453 bits per heavy atom. The smallest absolute Gasteiger partial charge is 0.306 e. The molecule has 0 radical (unpaired) electrons. The Morgan fingerprint density at radius 3 is 1.12 bits per heavy atom. The second-order valence-corrected chi connectivity index (χ2v) is 19.8. The first kappa shape index (κ1) is 61.8. The number of carboxylic acid groups (broad SMARTS) is 1. The van der Waals surface area contributed by atoms with Crippen LogP contribution in [0.2, 0.25) is 0 Å². The van der Waals surface area contributed by atoms with Gasteiger partial charge in [0.2, 0.25) is 0 Å². The number of hydrogen-bond acceptors (Lipinski definition) is 7. The van der Waals surface area contributed by atoms with E-state index in [-0.39, 0.29) is 42.7 Å². The molecule has 0 bridgehead atoms. The van der Waals surface area contributed by atoms with Crippen LogP contribution in [0.3, 0.4) is 0 Å². The summed E-state index contributed by atoms with van der Waals surface area (Å²) >= 11 is 0. The molecule has 0 saturated heterocycles. The third-order valence-electron chi connectivity index (χ3n) is 12.6. The summed E-state index contributed by atoms with van der Waals surface area (Å²) in [6.07, 6.45) is 54.9. The van der Waals surface area contributed by atoms with E-state index in [0.29, 0.717) is 12.8 Å². The number of carbonyl (C=O) groups excluding carboxylic acids is 3. The summed E-state index contributed by atoms with van der Waals surface area (Å²) in [4.78, 5) is 37.1. The normalized spacial score (nSPS) is 13.0. The number of likely N-dealkylation sites (N-methyl/N-ethyl adjacent to an activating group) is 1. The molecule has 0 spiro atoms. The third-order valence-corrected chi connectivity index (χ3v) is 12.6. The van der Waals surface area contributed by atoms with Crippen molar-refractivity contribution in [3.63, 3.8) is 0 Å². The van der Waals surface area contributed by atoms with Gasteiger partial charge >= 0.3 is 11.9 Å². The Hall–Kier alpha value is -2.19. The van der Waals surface area contributed by atoms with Crippen molar-refractivity contribution in [2.75, 3.05) is 41.0 Å². The van der Waals surface area contributed by atoms with Crippen molar-refractivity contribution >= 4 is 17.9 Å². The molecule has 0 saturated carbocycles. The molecular weight excluding hydrogens is 799 g/mol. The SMILES string of the molecule is CCCCCCCC/C=C\CCCCCCCCCCCC(=O)OCC(COCCC(C(=O)[O-])[N+](C)(C)C)OC(=O)CCCCCCCCCCC/C=C\CCCCCCCCCC. The van der Waals surface area contributed by atoms with Crippen molar-refractivity contribution in [3.8, 4) is 0 Å². The first-order valence-electron chi connectivity index (χ1n) is 27.4. The zero-order valence-electron chi connectivity index (χ0n) is 43.0. The molecule has 0 N–H and O–H groups in total. The summed E-state index contributed by atoms with van der Waals surface area (Å²) < 4.78 is 17.3. The summed E-state index contributed by atoms with van der Waals surface area (Å²) in [5.41, 5.74) is 0. The van der Waals surface area contributed by atoms with Crippen LogP contribution in [0.1, 0.15) is 264 Å². The summed E-state index contributed by atoms with van der Waals surface area (Å²) in [6.45, 7) is 4.70. The van der Waals surface area contributed by atoms with E-state index in [1.165, 1.54) is 193 Å². The topological polar surface area (TPSA) is 102 Å². The van der Waals surface area contributed by atoms with Gasteiger partial charge in [0.25, 0.3) is 0 Å². The predicted octanol–water partition coefficient (Wildman–Crippen LogP) is 14.6. The Morgan fingerprint density at radius 2 is 0.781 bits per heavy atom. The molecule has 376 valence electrons. The number of nitrogens with zero attached hydrogens (tertiary/aromatic N) is 1. The molecule has 0 amide bonds. The lowest BCUT2D eigenvalue weighted by molar-refractivity contribution is -0.889. The molecule has 0 heterocycles. The van der Waals surface area contributed by atoms with Gasteiger partial charge in [-0.1, -0.05) is 205 Å². The van der Waals surface area contributed by atoms with Crippen LogP contribution in [-0.2, 0) is 28.6 Å². The monoisotopic (exact) mass is 904 g/mol. The highest BCUT2D eigenvalue weighted by Gasteiger charge is 2.25. The number of hydrogen-bond donors (Lipinski definition) is 0. The zero-order chi connectivity index (χ0) is 47.0. The first-order valence-corrected chi connectivity index (χ1v) is 27.4. The summed E-state index contributed by atoms with van der Waals surface area (Å²) in [6, 6.07) is -0.725. The number of esters is 2. The van der Waals surface area contributed by atoms with E-state index in [1.54, 1.807) is 0 Å². The lowest BCUT2D eigenvalue weighted by Crippen LogP contribution is -2.55. The molecule has 0 aliphatic heterocycles. The van der Waals surface area contributed by atoms with Crippen LogP contribution >= 0.6 is 0 Å². The molecule has 8 heteroatoms. The summed E-state index contributed by atoms with van der Waals surface area (Å²) in [7, 11) is 5.43. The van der Waals surface area contributed by atoms with Crippen LogP contribution in [-0.4, -0.2) is 75.5 Å². The Labute approximate surface area is 396 Å². The van der Waals surface area contributed by atoms with Crippen molar-refractivity contribution in [1.29, 1.82) is 0 Å². The van der Waals surface area contributed by atoms with Gasteiger partial charge in [0.15, 0.2) is 6.10 Å². The van der Waals surface area contributed by atoms with E-state index in [1.807, 2.05) is 21.1 Å². The standard InChI is InChI=1S/C56H105NO7/c1-6-8-10-12-14-16-18-20-22-24-26-27-29-31-33-35-37-39-41-43-45-47-55(59)64-52(50-62-49-48-53(56(60)61)57(3,4)5)51-63-54(58)46-44-42-40-38-36-34-32-30-28-25-23-21-19-17-15-13-11-9-7-2/h21,23-24,26,52-53H,6-20,22,25,27-51H2,1-5H3/b23-21-,26-24-. The zero-order valence-corrected chi connectivity index (χ0v) is 43.0. The lowest BCUT2D eigenvalue weighted by Gasteiger charge is -2.34. The summed E-state index contributed by atoms with van der Waals surface area (Å²) in [5.74, 6) is -1.72. The van der Waals surface area contributed by atoms with Crippen molar-refractivity contribution in [3.05, 3.63) is 24.3 Å². The average molecular weight is 904 g/mol. The van der Waals surface area contributed by atoms with Gasteiger partial charge < -0.3 is 28.6 Å². The largest absolute Gasteiger partial charge is 0.544 e. The highest BCUT2D eigenvalue weighted by molar-refractivity contribution is 5.70. The van der Waals surface area contributed by atoms with E-state index >= 15 is 0 Å². The molecule has 0 fully saturated rings. The van der Waals surface area contributed by atoms with Crippen LogP contribution in [0, 0.1) is 0 Å². The van der Waals surface area contributed by atoms with Crippen molar-refractivity contribution in [2.45, 2.75) is 276 Å². The van der Waals surface area contributed by atoms with E-state index < -0.39 is 18.1 Å². The molecule has 2 unspecified atom stereocenters. The molecular formula is C56H105NO7. The number of carbonyl (C=O) groups is 3. The quantitative estimate of drug-likeness (QED) is 0.0259. The minimum absolute atomic E-state index is 0.0431. The molecule has 8 nitrogen and oxygen atoms in total. The number of aliphatic carboxylic acids is 1. The van der Waals surface area contributed by atoms with Crippen molar-refractivity contribution < 1.29 is 38.2 Å². The van der Waals surface area contributed by atoms with E-state index in [9.17, 15) is 19.5 Å². The van der Waals surface area contributed by atoms with E-state index in [4.69, 9.17) is 14.2 Å². The van der Waals surface area contributed by atoms with Crippen LogP contribution in [0.4, 0.5) is 0 Å². The number of unbranched alkanes of at least 4 members (excludes halogenated alkanes) is 32. The first-order chi connectivity index (χ1) is 31.1. The molecule has 0 aromatic carbocycles. The van der Waals surface area contributed by atoms with Crippen molar-refractivity contribution in [1.82, 2.24) is 0 Å². The maximum Gasteiger partial charge on any atom is 0.306 e. The van der Waals surface area contributed by atoms with Gasteiger partial charge in [-0.05, 0) is 64.2 Å². The molecule has 64 heavy (non-hydrogen) atoms. The Kier molecular flexibility index (Phi) is 45.7. The van der Waals surface area contributed by atoms with Crippen LogP contribution in [0.15, 0.2) is 24.3 Å². The van der Waals surface area contributed by atoms with E-state index in [2.05, 4.69) is 38.2 Å². The summed E-state index contributed by atoms with van der Waals surface area (Å²) in [5, 5.41) is 11.7. The molecule has 0 aromatic heterocycles. The molecule has 0 aliphatic rings. The predicted molar refractivity (Wildman–Crippen MR) is 268 cm³/mol. The number of carboxylic acids is 1. The fourth-order valence-electron chi connectivity index (χ4n) is 8.30. The Balaban J connectivity index is 4.19. The number of allylic oxidation sites excluding steroid dienone is 4. The minimum atomic E-state index is -1.12. The number of rotatable bonds is 50. The van der Waals surface area contributed by atoms with Gasteiger partial charge in [-0.2, -0.15) is 0 Å². The molecule has 0 aliphatic carbocycles. The maximum absolute atomic E-state index is 12.8. The van der Waals surface area contributed by atoms with Gasteiger partial charge in [0, 0.05) is 19.3 Å². The minimum Gasteiger partial charge on any atom is -0.544 e. The highest BCUT2D eigenvalue weighted by atomic mass is 16.6. The average Bonchev–Trinajstić information content (AvgIpc) is 3.26. The fraction of sp³-hybridized carbons (Fsp3) is 0.875. The van der Waals surface area contributed by atoms with Gasteiger partial charge in [-0.25, -0.2) is 0 Å². The second-order valence-electron chi connectivity index (χ2n) is 19.8. The Bertz CT molecular complexity index is 1100. The molecule has 0 rings (SSSR count). The van der Waals surface area contributed by atoms with Gasteiger partial charge in [0.1, 0.15) is 12.6 Å². The lowest BCUT2D eigenvalue weighted by atomic mass is 10.1. The van der Waals surface area contributed by atoms with Gasteiger partial charge in [-0.3, -0.25) is 9.59 Å². The number of quaternary nitrogens is 1. The third kappa shape index (κ3) is 45.0. The van der Waals surface area contributed by atoms with Crippen LogP contribution < -0.4 is 5.11 Å². The van der Waals surface area contributed by atoms with E-state index in [0.717, 1.165) is 38.5 Å². The molecule has 2 atom stereocenters. The van der Waals surface area contributed by atoms with Crippen LogP contribution in [0.5, 0.6) is 0 Å². The van der Waals surface area contributed by atoms with Crippen LogP contribution in [0.25, 0.3) is 0 Å².